The number of allylic oxidation sites excluding steroid dienone is 2. The Labute approximate surface area is 160 Å². The van der Waals surface area contributed by atoms with Crippen molar-refractivity contribution in [1.29, 1.82) is 0 Å². The van der Waals surface area contributed by atoms with Gasteiger partial charge < -0.3 is 9.47 Å². The van der Waals surface area contributed by atoms with Crippen molar-refractivity contribution in [3.8, 4) is 24.7 Å². The van der Waals surface area contributed by atoms with Gasteiger partial charge in [-0.05, 0) is 43.7 Å². The van der Waals surface area contributed by atoms with Gasteiger partial charge in [0.1, 0.15) is 0 Å². The lowest BCUT2D eigenvalue weighted by Crippen LogP contribution is -2.44. The Balaban J connectivity index is 2.58. The smallest absolute Gasteiger partial charge is 0.323 e. The summed E-state index contributed by atoms with van der Waals surface area (Å²) >= 11 is 0. The lowest BCUT2D eigenvalue weighted by Gasteiger charge is -2.31. The first-order valence-electron chi connectivity index (χ1n) is 8.91. The molecule has 0 spiro atoms. The summed E-state index contributed by atoms with van der Waals surface area (Å²) in [5.41, 5.74) is 1.63. The van der Waals surface area contributed by atoms with Crippen LogP contribution in [0.25, 0.3) is 0 Å². The van der Waals surface area contributed by atoms with Crippen molar-refractivity contribution in [3.63, 3.8) is 0 Å². The topological polar surface area (TPSA) is 52.6 Å². The van der Waals surface area contributed by atoms with Gasteiger partial charge >= 0.3 is 11.9 Å². The number of methoxy groups -OCH3 is 2. The van der Waals surface area contributed by atoms with Crippen LogP contribution in [0.1, 0.15) is 43.2 Å². The van der Waals surface area contributed by atoms with E-state index in [1.807, 2.05) is 18.2 Å². The first-order valence-corrected chi connectivity index (χ1v) is 8.91. The Kier molecular flexibility index (Phi) is 6.85. The number of carbonyl (C=O) groups is 2. The Morgan fingerprint density at radius 3 is 2.22 bits per heavy atom. The predicted octanol–water partition coefficient (Wildman–Crippen LogP) is 3.44. The number of rotatable bonds is 6. The van der Waals surface area contributed by atoms with Gasteiger partial charge in [-0.25, -0.2) is 0 Å². The summed E-state index contributed by atoms with van der Waals surface area (Å²) in [5, 5.41) is 0. The summed E-state index contributed by atoms with van der Waals surface area (Å²) < 4.78 is 10.1. The first-order chi connectivity index (χ1) is 13.0. The SMILES string of the molecule is C#CC1=C(CC(Cc2ccccc2C#C)(C(=O)OC)C(=O)OC)CCCC1. The number of carbonyl (C=O) groups excluding carboxylic acids is 2. The van der Waals surface area contributed by atoms with Crippen LogP contribution < -0.4 is 0 Å². The number of hydrogen-bond donors (Lipinski definition) is 0. The monoisotopic (exact) mass is 364 g/mol. The number of terminal acetylenes is 2. The van der Waals surface area contributed by atoms with E-state index >= 15 is 0 Å². The number of ether oxygens (including phenoxy) is 2. The van der Waals surface area contributed by atoms with Crippen LogP contribution in [-0.4, -0.2) is 26.2 Å². The summed E-state index contributed by atoms with van der Waals surface area (Å²) in [6.07, 6.45) is 15.0. The standard InChI is InChI=1S/C23H24O4/c1-5-17-11-7-9-13-19(17)15-23(21(24)26-3,22(25)27-4)16-20-14-10-8-12-18(20)6-2/h1-2,7,9,11,13H,8,10,12,14-16H2,3-4H3. The maximum Gasteiger partial charge on any atom is 0.323 e. The highest BCUT2D eigenvalue weighted by atomic mass is 16.5. The molecule has 0 aromatic heterocycles. The molecular weight excluding hydrogens is 340 g/mol. The molecule has 0 saturated heterocycles. The summed E-state index contributed by atoms with van der Waals surface area (Å²) in [5.74, 6) is 4.04. The lowest BCUT2D eigenvalue weighted by atomic mass is 9.72. The summed E-state index contributed by atoms with van der Waals surface area (Å²) in [7, 11) is 2.54. The molecule has 1 aliphatic rings. The average molecular weight is 364 g/mol. The van der Waals surface area contributed by atoms with Gasteiger partial charge in [-0.3, -0.25) is 9.59 Å². The van der Waals surface area contributed by atoms with Crippen LogP contribution in [0.4, 0.5) is 0 Å². The molecule has 4 nitrogen and oxygen atoms in total. The molecule has 1 aromatic carbocycles. The van der Waals surface area contributed by atoms with E-state index < -0.39 is 17.4 Å². The van der Waals surface area contributed by atoms with Crippen molar-refractivity contribution >= 4 is 11.9 Å². The average Bonchev–Trinajstić information content (AvgIpc) is 2.72. The second-order valence-electron chi connectivity index (χ2n) is 6.65. The van der Waals surface area contributed by atoms with Crippen molar-refractivity contribution < 1.29 is 19.1 Å². The fourth-order valence-electron chi connectivity index (χ4n) is 3.67. The second-order valence-corrected chi connectivity index (χ2v) is 6.65. The van der Waals surface area contributed by atoms with E-state index in [0.717, 1.165) is 42.4 Å². The van der Waals surface area contributed by atoms with E-state index in [1.54, 1.807) is 6.07 Å². The first kappa shape index (κ1) is 20.3. The van der Waals surface area contributed by atoms with E-state index in [2.05, 4.69) is 11.8 Å². The van der Waals surface area contributed by atoms with E-state index in [-0.39, 0.29) is 12.8 Å². The van der Waals surface area contributed by atoms with E-state index in [9.17, 15) is 9.59 Å². The molecular formula is C23H24O4. The molecule has 0 N–H and O–H groups in total. The van der Waals surface area contributed by atoms with E-state index in [1.165, 1.54) is 14.2 Å². The number of benzene rings is 1. The highest BCUT2D eigenvalue weighted by Gasteiger charge is 2.49. The van der Waals surface area contributed by atoms with Gasteiger partial charge in [0.15, 0.2) is 5.41 Å². The van der Waals surface area contributed by atoms with Gasteiger partial charge in [0.25, 0.3) is 0 Å². The van der Waals surface area contributed by atoms with Crippen LogP contribution in [0.2, 0.25) is 0 Å². The highest BCUT2D eigenvalue weighted by Crippen LogP contribution is 2.39. The molecule has 0 amide bonds. The maximum atomic E-state index is 12.9. The summed E-state index contributed by atoms with van der Waals surface area (Å²) in [6, 6.07) is 7.23. The van der Waals surface area contributed by atoms with Crippen molar-refractivity contribution in [2.24, 2.45) is 5.41 Å². The minimum absolute atomic E-state index is 0.0913. The van der Waals surface area contributed by atoms with Gasteiger partial charge in [0, 0.05) is 17.6 Å². The molecule has 0 heterocycles. The fourth-order valence-corrected chi connectivity index (χ4v) is 3.67. The molecule has 1 aliphatic carbocycles. The van der Waals surface area contributed by atoms with E-state index in [4.69, 9.17) is 22.3 Å². The zero-order chi connectivity index (χ0) is 19.9. The third-order valence-corrected chi connectivity index (χ3v) is 5.09. The van der Waals surface area contributed by atoms with Crippen LogP contribution in [-0.2, 0) is 25.5 Å². The number of hydrogen-bond acceptors (Lipinski definition) is 4. The van der Waals surface area contributed by atoms with Crippen LogP contribution >= 0.6 is 0 Å². The molecule has 2 rings (SSSR count). The second kappa shape index (κ2) is 9.10. The van der Waals surface area contributed by atoms with Crippen LogP contribution in [0.5, 0.6) is 0 Å². The quantitative estimate of drug-likeness (QED) is 0.441. The highest BCUT2D eigenvalue weighted by molar-refractivity contribution is 6.00. The third kappa shape index (κ3) is 4.23. The molecule has 1 aromatic rings. The Hall–Kier alpha value is -2.98. The minimum atomic E-state index is -1.52. The van der Waals surface area contributed by atoms with Crippen molar-refractivity contribution in [1.82, 2.24) is 0 Å². The molecule has 0 unspecified atom stereocenters. The molecule has 4 heteroatoms. The zero-order valence-corrected chi connectivity index (χ0v) is 15.8. The molecule has 0 bridgehead atoms. The van der Waals surface area contributed by atoms with Gasteiger partial charge in [0.05, 0.1) is 14.2 Å². The third-order valence-electron chi connectivity index (χ3n) is 5.09. The van der Waals surface area contributed by atoms with E-state index in [0.29, 0.717) is 5.56 Å². The van der Waals surface area contributed by atoms with Crippen LogP contribution in [0.3, 0.4) is 0 Å². The van der Waals surface area contributed by atoms with Crippen molar-refractivity contribution in [2.45, 2.75) is 38.5 Å². The normalized spacial score (nSPS) is 14.1. The largest absolute Gasteiger partial charge is 0.468 e. The van der Waals surface area contributed by atoms with Gasteiger partial charge in [-0.1, -0.05) is 35.6 Å². The van der Waals surface area contributed by atoms with Gasteiger partial charge in [0.2, 0.25) is 0 Å². The molecule has 0 fully saturated rings. The minimum Gasteiger partial charge on any atom is -0.468 e. The molecule has 0 saturated carbocycles. The Morgan fingerprint density at radius 2 is 1.63 bits per heavy atom. The van der Waals surface area contributed by atoms with Crippen molar-refractivity contribution in [3.05, 3.63) is 46.5 Å². The van der Waals surface area contributed by atoms with Gasteiger partial charge in [-0.15, -0.1) is 12.8 Å². The van der Waals surface area contributed by atoms with Crippen molar-refractivity contribution in [2.75, 3.05) is 14.2 Å². The fraction of sp³-hybridized carbons (Fsp3) is 0.391. The molecule has 140 valence electrons. The molecule has 0 atom stereocenters. The summed E-state index contributed by atoms with van der Waals surface area (Å²) in [4.78, 5) is 25.7. The van der Waals surface area contributed by atoms with Gasteiger partial charge in [-0.2, -0.15) is 0 Å². The number of esters is 2. The zero-order valence-electron chi connectivity index (χ0n) is 15.8. The lowest BCUT2D eigenvalue weighted by molar-refractivity contribution is -0.169. The van der Waals surface area contributed by atoms with Crippen LogP contribution in [0, 0.1) is 30.1 Å². The maximum absolute atomic E-state index is 12.9. The molecule has 27 heavy (non-hydrogen) atoms. The predicted molar refractivity (Wildman–Crippen MR) is 103 cm³/mol. The Bertz CT molecular complexity index is 817. The molecule has 0 aliphatic heterocycles. The van der Waals surface area contributed by atoms with Crippen LogP contribution in [0.15, 0.2) is 35.4 Å². The summed E-state index contributed by atoms with van der Waals surface area (Å²) in [6.45, 7) is 0. The molecule has 0 radical (unpaired) electrons. The Morgan fingerprint density at radius 1 is 1.00 bits per heavy atom.